The van der Waals surface area contributed by atoms with Gasteiger partial charge in [-0.05, 0) is 32.0 Å². The minimum Gasteiger partial charge on any atom is -0.311 e. The van der Waals surface area contributed by atoms with Crippen molar-refractivity contribution in [2.75, 3.05) is 32.7 Å². The third-order valence-electron chi connectivity index (χ3n) is 3.79. The highest BCUT2D eigenvalue weighted by molar-refractivity contribution is 5.20. The van der Waals surface area contributed by atoms with Crippen LogP contribution in [0, 0.1) is 5.92 Å². The number of nitrogens with zero attached hydrogens (tertiary/aromatic N) is 1. The molecule has 1 aliphatic rings. The van der Waals surface area contributed by atoms with Crippen LogP contribution < -0.4 is 5.32 Å². The predicted molar refractivity (Wildman–Crippen MR) is 73.4 cm³/mol. The van der Waals surface area contributed by atoms with Gasteiger partial charge < -0.3 is 10.2 Å². The lowest BCUT2D eigenvalue weighted by Crippen LogP contribution is -2.34. The molecule has 1 saturated heterocycles. The summed E-state index contributed by atoms with van der Waals surface area (Å²) in [7, 11) is 0. The minimum atomic E-state index is -2.79. The van der Waals surface area contributed by atoms with Crippen molar-refractivity contribution in [3.8, 4) is 0 Å². The molecule has 1 aliphatic heterocycles. The maximum absolute atomic E-state index is 13.9. The molecule has 0 saturated carbocycles. The fourth-order valence-corrected chi connectivity index (χ4v) is 2.58. The fourth-order valence-electron chi connectivity index (χ4n) is 2.58. The van der Waals surface area contributed by atoms with E-state index in [1.807, 2.05) is 0 Å². The average Bonchev–Trinajstić information content (AvgIpc) is 2.87. The molecule has 0 radical (unpaired) electrons. The second-order valence-corrected chi connectivity index (χ2v) is 5.25. The molecule has 0 amide bonds. The molecule has 106 valence electrons. The van der Waals surface area contributed by atoms with Crippen molar-refractivity contribution in [2.45, 2.75) is 19.3 Å². The molecule has 1 aromatic carbocycles. The van der Waals surface area contributed by atoms with E-state index in [1.165, 1.54) is 12.1 Å². The van der Waals surface area contributed by atoms with Gasteiger partial charge in [0.25, 0.3) is 5.92 Å². The zero-order valence-corrected chi connectivity index (χ0v) is 11.4. The van der Waals surface area contributed by atoms with Crippen LogP contribution in [0.1, 0.15) is 18.9 Å². The second kappa shape index (κ2) is 6.44. The molecule has 1 unspecified atom stereocenters. The van der Waals surface area contributed by atoms with Crippen LogP contribution in [-0.4, -0.2) is 37.6 Å². The number of hydrogen-bond acceptors (Lipinski definition) is 2. The van der Waals surface area contributed by atoms with Crippen molar-refractivity contribution in [2.24, 2.45) is 5.92 Å². The quantitative estimate of drug-likeness (QED) is 0.853. The molecule has 1 fully saturated rings. The van der Waals surface area contributed by atoms with Crippen molar-refractivity contribution in [1.29, 1.82) is 0 Å². The van der Waals surface area contributed by atoms with Gasteiger partial charge in [-0.3, -0.25) is 0 Å². The Bertz CT molecular complexity index is 381. The van der Waals surface area contributed by atoms with Crippen molar-refractivity contribution < 1.29 is 8.78 Å². The molecule has 4 heteroatoms. The Balaban J connectivity index is 1.76. The van der Waals surface area contributed by atoms with Crippen LogP contribution in [0.5, 0.6) is 0 Å². The van der Waals surface area contributed by atoms with Crippen LogP contribution in [0.15, 0.2) is 30.3 Å². The van der Waals surface area contributed by atoms with E-state index in [0.29, 0.717) is 12.5 Å². The fraction of sp³-hybridized carbons (Fsp3) is 0.600. The van der Waals surface area contributed by atoms with Gasteiger partial charge in [0.1, 0.15) is 0 Å². The van der Waals surface area contributed by atoms with Gasteiger partial charge in [0.05, 0.1) is 6.54 Å². The number of hydrogen-bond donors (Lipinski definition) is 1. The highest BCUT2D eigenvalue weighted by atomic mass is 19.3. The van der Waals surface area contributed by atoms with E-state index in [1.54, 1.807) is 18.2 Å². The topological polar surface area (TPSA) is 15.3 Å². The molecule has 1 atom stereocenters. The molecule has 2 rings (SSSR count). The van der Waals surface area contributed by atoms with E-state index in [-0.39, 0.29) is 12.1 Å². The lowest BCUT2D eigenvalue weighted by atomic mass is 10.1. The van der Waals surface area contributed by atoms with Crippen molar-refractivity contribution in [1.82, 2.24) is 10.2 Å². The molecular formula is C15H22F2N2. The largest absolute Gasteiger partial charge is 0.311 e. The summed E-state index contributed by atoms with van der Waals surface area (Å²) in [6.07, 6.45) is 1.11. The van der Waals surface area contributed by atoms with Gasteiger partial charge in [-0.2, -0.15) is 8.78 Å². The maximum atomic E-state index is 13.9. The Morgan fingerprint density at radius 2 is 2.05 bits per heavy atom. The molecule has 0 spiro atoms. The van der Waals surface area contributed by atoms with Gasteiger partial charge in [-0.25, -0.2) is 0 Å². The van der Waals surface area contributed by atoms with E-state index in [4.69, 9.17) is 0 Å². The molecule has 1 heterocycles. The zero-order valence-electron chi connectivity index (χ0n) is 11.4. The third kappa shape index (κ3) is 3.98. The van der Waals surface area contributed by atoms with Crippen molar-refractivity contribution >= 4 is 0 Å². The van der Waals surface area contributed by atoms with Gasteiger partial charge in [-0.1, -0.05) is 37.3 Å². The standard InChI is InChI=1S/C15H22F2N2/c1-2-19-9-8-13(11-19)10-18-12-15(16,17)14-6-4-3-5-7-14/h3-7,13,18H,2,8-12H2,1H3. The van der Waals surface area contributed by atoms with Gasteiger partial charge in [-0.15, -0.1) is 0 Å². The lowest BCUT2D eigenvalue weighted by molar-refractivity contribution is -0.00372. The first-order valence-corrected chi connectivity index (χ1v) is 6.98. The number of nitrogens with one attached hydrogen (secondary N) is 1. The first-order chi connectivity index (χ1) is 9.12. The molecule has 1 aromatic rings. The normalized spacial score (nSPS) is 20.9. The predicted octanol–water partition coefficient (Wildman–Crippen LogP) is 2.71. The van der Waals surface area contributed by atoms with E-state index in [9.17, 15) is 8.78 Å². The molecule has 0 aromatic heterocycles. The summed E-state index contributed by atoms with van der Waals surface area (Å²) in [6, 6.07) is 8.02. The van der Waals surface area contributed by atoms with Gasteiger partial charge in [0.2, 0.25) is 0 Å². The Hall–Kier alpha value is -1.00. The van der Waals surface area contributed by atoms with Crippen molar-refractivity contribution in [3.05, 3.63) is 35.9 Å². The first-order valence-electron chi connectivity index (χ1n) is 6.98. The Kier molecular flexibility index (Phi) is 4.88. The number of likely N-dealkylation sites (tertiary alicyclic amines) is 1. The van der Waals surface area contributed by atoms with E-state index in [2.05, 4.69) is 17.1 Å². The van der Waals surface area contributed by atoms with E-state index >= 15 is 0 Å². The summed E-state index contributed by atoms with van der Waals surface area (Å²) in [5.41, 5.74) is 0.0871. The third-order valence-corrected chi connectivity index (χ3v) is 3.79. The summed E-state index contributed by atoms with van der Waals surface area (Å²) in [6.45, 7) is 5.72. The highest BCUT2D eigenvalue weighted by Gasteiger charge is 2.31. The second-order valence-electron chi connectivity index (χ2n) is 5.25. The van der Waals surface area contributed by atoms with Crippen LogP contribution >= 0.6 is 0 Å². The summed E-state index contributed by atoms with van der Waals surface area (Å²) in [5, 5.41) is 2.93. The zero-order chi connectivity index (χ0) is 13.7. The van der Waals surface area contributed by atoms with Crippen LogP contribution in [-0.2, 0) is 5.92 Å². The van der Waals surface area contributed by atoms with Crippen LogP contribution in [0.4, 0.5) is 8.78 Å². The summed E-state index contributed by atoms with van der Waals surface area (Å²) < 4.78 is 27.8. The Morgan fingerprint density at radius 3 is 2.68 bits per heavy atom. The molecule has 0 bridgehead atoms. The van der Waals surface area contributed by atoms with Gasteiger partial charge in [0, 0.05) is 12.1 Å². The molecular weight excluding hydrogens is 246 g/mol. The van der Waals surface area contributed by atoms with Crippen LogP contribution in [0.25, 0.3) is 0 Å². The number of halogens is 2. The van der Waals surface area contributed by atoms with E-state index < -0.39 is 5.92 Å². The monoisotopic (exact) mass is 268 g/mol. The lowest BCUT2D eigenvalue weighted by Gasteiger charge is -2.19. The minimum absolute atomic E-state index is 0.0871. The Labute approximate surface area is 113 Å². The SMILES string of the molecule is CCN1CCC(CNCC(F)(F)c2ccccc2)C1. The summed E-state index contributed by atoms with van der Waals surface area (Å²) in [5.74, 6) is -2.28. The van der Waals surface area contributed by atoms with Crippen LogP contribution in [0.3, 0.4) is 0 Å². The first kappa shape index (κ1) is 14.4. The average molecular weight is 268 g/mol. The van der Waals surface area contributed by atoms with E-state index in [0.717, 1.165) is 26.1 Å². The summed E-state index contributed by atoms with van der Waals surface area (Å²) >= 11 is 0. The molecule has 19 heavy (non-hydrogen) atoms. The van der Waals surface area contributed by atoms with Crippen LogP contribution in [0.2, 0.25) is 0 Å². The summed E-state index contributed by atoms with van der Waals surface area (Å²) in [4.78, 5) is 2.36. The maximum Gasteiger partial charge on any atom is 0.285 e. The molecule has 1 N–H and O–H groups in total. The Morgan fingerprint density at radius 1 is 1.32 bits per heavy atom. The smallest absolute Gasteiger partial charge is 0.285 e. The number of benzene rings is 1. The highest BCUT2D eigenvalue weighted by Crippen LogP contribution is 2.26. The number of rotatable bonds is 6. The molecule has 2 nitrogen and oxygen atoms in total. The van der Waals surface area contributed by atoms with Gasteiger partial charge in [0.15, 0.2) is 0 Å². The van der Waals surface area contributed by atoms with Gasteiger partial charge >= 0.3 is 0 Å². The number of alkyl halides is 2. The molecule has 0 aliphatic carbocycles. The van der Waals surface area contributed by atoms with Crippen molar-refractivity contribution in [3.63, 3.8) is 0 Å².